The zero-order chi connectivity index (χ0) is 10.2. The summed E-state index contributed by atoms with van der Waals surface area (Å²) in [6.45, 7) is 2.41. The fraction of sp³-hybridized carbons (Fsp3) is 1.00. The van der Waals surface area contributed by atoms with Gasteiger partial charge in [0.2, 0.25) is 0 Å². The Morgan fingerprint density at radius 3 is 2.29 bits per heavy atom. The maximum absolute atomic E-state index is 3.69. The number of hydrogen-bond donors (Lipinski definition) is 1. The zero-order valence-electron chi connectivity index (χ0n) is 9.89. The molecule has 0 radical (unpaired) electrons. The molecular weight excluding hydrogens is 172 g/mol. The average Bonchev–Trinajstić information content (AvgIpc) is 2.40. The van der Waals surface area contributed by atoms with E-state index in [1.54, 1.807) is 0 Å². The Hall–Kier alpha value is -0.0800. The Bertz CT molecular complexity index is 126. The molecule has 0 amide bonds. The molecule has 2 heteroatoms. The quantitative estimate of drug-likeness (QED) is 0.538. The highest BCUT2D eigenvalue weighted by molar-refractivity contribution is 4.70. The Kier molecular flexibility index (Phi) is 6.20. The van der Waals surface area contributed by atoms with Crippen LogP contribution in [0.1, 0.15) is 44.9 Å². The lowest BCUT2D eigenvalue weighted by Gasteiger charge is -2.17. The second-order valence-electron chi connectivity index (χ2n) is 4.80. The van der Waals surface area contributed by atoms with Crippen LogP contribution < -0.4 is 5.32 Å². The van der Waals surface area contributed by atoms with Crippen molar-refractivity contribution < 1.29 is 0 Å². The largest absolute Gasteiger partial charge is 0.314 e. The first kappa shape index (κ1) is 12.0. The molecule has 14 heavy (non-hydrogen) atoms. The first-order valence-corrected chi connectivity index (χ1v) is 6.17. The van der Waals surface area contributed by atoms with Crippen LogP contribution in [0.2, 0.25) is 0 Å². The smallest absolute Gasteiger partial charge is 0.00670 e. The van der Waals surface area contributed by atoms with Crippen LogP contribution in [0.5, 0.6) is 0 Å². The summed E-state index contributed by atoms with van der Waals surface area (Å²) in [5.74, 6) is 0. The minimum atomic E-state index is 0.819. The molecule has 0 aliphatic heterocycles. The molecule has 0 unspecified atom stereocenters. The van der Waals surface area contributed by atoms with Gasteiger partial charge in [0.1, 0.15) is 0 Å². The molecule has 0 aromatic heterocycles. The summed E-state index contributed by atoms with van der Waals surface area (Å²) in [6.07, 6.45) is 9.87. The third-order valence-electron chi connectivity index (χ3n) is 3.07. The second-order valence-corrected chi connectivity index (χ2v) is 4.80. The van der Waals surface area contributed by atoms with E-state index < -0.39 is 0 Å². The monoisotopic (exact) mass is 198 g/mol. The Morgan fingerprint density at radius 1 is 1.07 bits per heavy atom. The van der Waals surface area contributed by atoms with E-state index >= 15 is 0 Å². The fourth-order valence-corrected chi connectivity index (χ4v) is 2.18. The minimum Gasteiger partial charge on any atom is -0.314 e. The highest BCUT2D eigenvalue weighted by Crippen LogP contribution is 2.16. The summed E-state index contributed by atoms with van der Waals surface area (Å²) in [5.41, 5.74) is 0. The van der Waals surface area contributed by atoms with Gasteiger partial charge in [-0.3, -0.25) is 0 Å². The second kappa shape index (κ2) is 7.24. The Labute approximate surface area is 89.1 Å². The van der Waals surface area contributed by atoms with Gasteiger partial charge in [0.05, 0.1) is 0 Å². The Morgan fingerprint density at radius 2 is 1.71 bits per heavy atom. The van der Waals surface area contributed by atoms with Crippen molar-refractivity contribution in [3.8, 4) is 0 Å². The van der Waals surface area contributed by atoms with Gasteiger partial charge in [0.25, 0.3) is 0 Å². The first-order chi connectivity index (χ1) is 6.79. The van der Waals surface area contributed by atoms with Crippen LogP contribution >= 0.6 is 0 Å². The number of nitrogens with zero attached hydrogens (tertiary/aromatic N) is 1. The van der Waals surface area contributed by atoms with Crippen molar-refractivity contribution in [2.45, 2.75) is 51.0 Å². The van der Waals surface area contributed by atoms with Crippen LogP contribution in [0.4, 0.5) is 0 Å². The molecule has 0 heterocycles. The summed E-state index contributed by atoms with van der Waals surface area (Å²) in [6, 6.07) is 0.819. The van der Waals surface area contributed by atoms with Gasteiger partial charge in [-0.25, -0.2) is 0 Å². The highest BCUT2D eigenvalue weighted by atomic mass is 15.1. The normalized spacial score (nSPS) is 19.9. The summed E-state index contributed by atoms with van der Waals surface area (Å²) < 4.78 is 0. The average molecular weight is 198 g/mol. The lowest BCUT2D eigenvalue weighted by molar-refractivity contribution is 0.378. The van der Waals surface area contributed by atoms with E-state index in [4.69, 9.17) is 0 Å². The fourth-order valence-electron chi connectivity index (χ4n) is 2.18. The van der Waals surface area contributed by atoms with Crippen molar-refractivity contribution in [2.24, 2.45) is 0 Å². The number of rotatable bonds is 5. The van der Waals surface area contributed by atoms with E-state index in [9.17, 15) is 0 Å². The lowest BCUT2D eigenvalue weighted by Crippen LogP contribution is -2.30. The van der Waals surface area contributed by atoms with E-state index in [2.05, 4.69) is 24.3 Å². The van der Waals surface area contributed by atoms with Crippen molar-refractivity contribution >= 4 is 0 Å². The maximum atomic E-state index is 3.69. The van der Waals surface area contributed by atoms with Gasteiger partial charge < -0.3 is 10.2 Å². The molecule has 0 spiro atoms. The van der Waals surface area contributed by atoms with Gasteiger partial charge in [-0.15, -0.1) is 0 Å². The summed E-state index contributed by atoms with van der Waals surface area (Å²) in [5, 5.41) is 3.69. The van der Waals surface area contributed by atoms with Gasteiger partial charge in [0.15, 0.2) is 0 Å². The van der Waals surface area contributed by atoms with Crippen LogP contribution in [-0.4, -0.2) is 38.1 Å². The SMILES string of the molecule is CN(C)CCCNC1CCCCCC1. The van der Waals surface area contributed by atoms with Gasteiger partial charge in [-0.1, -0.05) is 25.7 Å². The molecule has 1 rings (SSSR count). The van der Waals surface area contributed by atoms with E-state index in [1.165, 1.54) is 58.0 Å². The van der Waals surface area contributed by atoms with E-state index in [0.29, 0.717) is 0 Å². The molecule has 2 nitrogen and oxygen atoms in total. The molecule has 1 aliphatic carbocycles. The molecule has 1 aliphatic rings. The topological polar surface area (TPSA) is 15.3 Å². The predicted molar refractivity (Wildman–Crippen MR) is 62.7 cm³/mol. The summed E-state index contributed by atoms with van der Waals surface area (Å²) in [7, 11) is 4.29. The molecule has 1 N–H and O–H groups in total. The molecule has 0 aromatic carbocycles. The minimum absolute atomic E-state index is 0.819. The predicted octanol–water partition coefficient (Wildman–Crippen LogP) is 2.25. The van der Waals surface area contributed by atoms with Crippen LogP contribution in [0.25, 0.3) is 0 Å². The zero-order valence-corrected chi connectivity index (χ0v) is 9.89. The van der Waals surface area contributed by atoms with Gasteiger partial charge in [-0.05, 0) is 46.4 Å². The number of hydrogen-bond acceptors (Lipinski definition) is 2. The van der Waals surface area contributed by atoms with Crippen LogP contribution in [0.15, 0.2) is 0 Å². The van der Waals surface area contributed by atoms with Crippen molar-refractivity contribution in [3.05, 3.63) is 0 Å². The molecular formula is C12H26N2. The van der Waals surface area contributed by atoms with Crippen LogP contribution in [0, 0.1) is 0 Å². The highest BCUT2D eigenvalue weighted by Gasteiger charge is 2.10. The summed E-state index contributed by atoms with van der Waals surface area (Å²) in [4.78, 5) is 2.26. The van der Waals surface area contributed by atoms with Crippen molar-refractivity contribution in [1.82, 2.24) is 10.2 Å². The van der Waals surface area contributed by atoms with Crippen LogP contribution in [0.3, 0.4) is 0 Å². The van der Waals surface area contributed by atoms with E-state index in [1.807, 2.05) is 0 Å². The third-order valence-corrected chi connectivity index (χ3v) is 3.07. The molecule has 84 valence electrons. The molecule has 0 aromatic rings. The lowest BCUT2D eigenvalue weighted by atomic mass is 10.1. The van der Waals surface area contributed by atoms with Gasteiger partial charge >= 0.3 is 0 Å². The Balaban J connectivity index is 1.99. The van der Waals surface area contributed by atoms with Crippen molar-refractivity contribution in [3.63, 3.8) is 0 Å². The third kappa shape index (κ3) is 5.61. The van der Waals surface area contributed by atoms with Gasteiger partial charge in [-0.2, -0.15) is 0 Å². The van der Waals surface area contributed by atoms with E-state index in [0.717, 1.165) is 6.04 Å². The first-order valence-electron chi connectivity index (χ1n) is 6.17. The number of nitrogens with one attached hydrogen (secondary N) is 1. The molecule has 1 fully saturated rings. The molecule has 0 bridgehead atoms. The summed E-state index contributed by atoms with van der Waals surface area (Å²) >= 11 is 0. The van der Waals surface area contributed by atoms with E-state index in [-0.39, 0.29) is 0 Å². The molecule has 0 atom stereocenters. The van der Waals surface area contributed by atoms with Crippen LogP contribution in [-0.2, 0) is 0 Å². The van der Waals surface area contributed by atoms with Gasteiger partial charge in [0, 0.05) is 6.04 Å². The molecule has 1 saturated carbocycles. The van der Waals surface area contributed by atoms with Crippen molar-refractivity contribution in [1.29, 1.82) is 0 Å². The maximum Gasteiger partial charge on any atom is 0.00670 e. The molecule has 0 saturated heterocycles. The standard InChI is InChI=1S/C12H26N2/c1-14(2)11-7-10-13-12-8-5-3-4-6-9-12/h12-13H,3-11H2,1-2H3. The van der Waals surface area contributed by atoms with Crippen molar-refractivity contribution in [2.75, 3.05) is 27.2 Å².